The first kappa shape index (κ1) is 20.0. The van der Waals surface area contributed by atoms with Crippen LogP contribution < -0.4 is 10.2 Å². The van der Waals surface area contributed by atoms with Crippen LogP contribution in [-0.2, 0) is 4.79 Å². The molecule has 5 heteroatoms. The largest absolute Gasteiger partial charge is 0.372 e. The predicted octanol–water partition coefficient (Wildman–Crippen LogP) is 2.91. The fourth-order valence-corrected chi connectivity index (χ4v) is 2.52. The van der Waals surface area contributed by atoms with Crippen LogP contribution in [0.4, 0.5) is 5.69 Å². The third kappa shape index (κ3) is 6.22. The van der Waals surface area contributed by atoms with E-state index in [-0.39, 0.29) is 23.9 Å². The minimum atomic E-state index is -0.300. The van der Waals surface area contributed by atoms with Crippen LogP contribution in [0, 0.1) is 0 Å². The van der Waals surface area contributed by atoms with E-state index in [1.165, 1.54) is 4.90 Å². The van der Waals surface area contributed by atoms with E-state index in [1.54, 1.807) is 7.05 Å². The lowest BCUT2D eigenvalue weighted by atomic mass is 10.1. The van der Waals surface area contributed by atoms with Crippen LogP contribution in [0.3, 0.4) is 0 Å². The molecule has 0 spiro atoms. The number of anilines is 1. The molecule has 0 bridgehead atoms. The van der Waals surface area contributed by atoms with Gasteiger partial charge in [0, 0.05) is 36.9 Å². The van der Waals surface area contributed by atoms with Crippen molar-refractivity contribution in [1.82, 2.24) is 10.2 Å². The topological polar surface area (TPSA) is 52.7 Å². The third-order valence-corrected chi connectivity index (χ3v) is 3.60. The lowest BCUT2D eigenvalue weighted by Gasteiger charge is -2.24. The standard InChI is InChI=1S/C19H31N3O2/c1-7-13-22(8-2)16-11-9-15(10-12-16)18(24)21(6)14-17(23)20-19(3,4)5/h9-12H,7-8,13-14H2,1-6H3,(H,20,23). The number of likely N-dealkylation sites (N-methyl/N-ethyl adjacent to an activating group) is 1. The molecule has 0 unspecified atom stereocenters. The van der Waals surface area contributed by atoms with Crippen LogP contribution >= 0.6 is 0 Å². The van der Waals surface area contributed by atoms with Gasteiger partial charge in [-0.1, -0.05) is 6.92 Å². The van der Waals surface area contributed by atoms with Crippen molar-refractivity contribution in [2.24, 2.45) is 0 Å². The highest BCUT2D eigenvalue weighted by molar-refractivity contribution is 5.96. The summed E-state index contributed by atoms with van der Waals surface area (Å²) in [5.41, 5.74) is 1.41. The molecule has 1 aromatic carbocycles. The van der Waals surface area contributed by atoms with Crippen LogP contribution in [0.15, 0.2) is 24.3 Å². The highest BCUT2D eigenvalue weighted by Gasteiger charge is 2.18. The molecule has 0 aromatic heterocycles. The van der Waals surface area contributed by atoms with Gasteiger partial charge < -0.3 is 15.1 Å². The van der Waals surface area contributed by atoms with Crippen LogP contribution in [0.25, 0.3) is 0 Å². The van der Waals surface area contributed by atoms with E-state index in [0.29, 0.717) is 5.56 Å². The van der Waals surface area contributed by atoms with Crippen molar-refractivity contribution in [2.45, 2.75) is 46.6 Å². The van der Waals surface area contributed by atoms with Gasteiger partial charge in [-0.3, -0.25) is 9.59 Å². The number of amides is 2. The fraction of sp³-hybridized carbons (Fsp3) is 0.579. The van der Waals surface area contributed by atoms with Crippen molar-refractivity contribution >= 4 is 17.5 Å². The number of rotatable bonds is 7. The lowest BCUT2D eigenvalue weighted by Crippen LogP contribution is -2.46. The Morgan fingerprint density at radius 2 is 1.67 bits per heavy atom. The van der Waals surface area contributed by atoms with Crippen molar-refractivity contribution in [3.05, 3.63) is 29.8 Å². The Kier molecular flexibility index (Phi) is 7.26. The fourth-order valence-electron chi connectivity index (χ4n) is 2.52. The number of carbonyl (C=O) groups is 2. The molecule has 0 aliphatic rings. The minimum absolute atomic E-state index is 0.0504. The SMILES string of the molecule is CCCN(CC)c1ccc(C(=O)N(C)CC(=O)NC(C)(C)C)cc1. The molecule has 2 amide bonds. The highest BCUT2D eigenvalue weighted by Crippen LogP contribution is 2.16. The van der Waals surface area contributed by atoms with Crippen molar-refractivity contribution < 1.29 is 9.59 Å². The molecule has 0 aliphatic carbocycles. The number of nitrogens with zero attached hydrogens (tertiary/aromatic N) is 2. The Balaban J connectivity index is 2.72. The van der Waals surface area contributed by atoms with Gasteiger partial charge in [0.2, 0.25) is 5.91 Å². The molecule has 24 heavy (non-hydrogen) atoms. The maximum absolute atomic E-state index is 12.5. The predicted molar refractivity (Wildman–Crippen MR) is 99.5 cm³/mol. The summed E-state index contributed by atoms with van der Waals surface area (Å²) < 4.78 is 0. The highest BCUT2D eigenvalue weighted by atomic mass is 16.2. The van der Waals surface area contributed by atoms with Crippen molar-refractivity contribution in [1.29, 1.82) is 0 Å². The van der Waals surface area contributed by atoms with E-state index in [1.807, 2.05) is 45.0 Å². The second-order valence-electron chi connectivity index (χ2n) is 7.09. The van der Waals surface area contributed by atoms with Gasteiger partial charge in [0.05, 0.1) is 6.54 Å². The molecule has 0 atom stereocenters. The summed E-state index contributed by atoms with van der Waals surface area (Å²) in [6, 6.07) is 7.59. The molecule has 0 heterocycles. The summed E-state index contributed by atoms with van der Waals surface area (Å²) >= 11 is 0. The minimum Gasteiger partial charge on any atom is -0.372 e. The second kappa shape index (κ2) is 8.71. The van der Waals surface area contributed by atoms with Crippen molar-refractivity contribution in [3.63, 3.8) is 0 Å². The molecule has 1 aromatic rings. The van der Waals surface area contributed by atoms with E-state index < -0.39 is 0 Å². The molecule has 0 saturated heterocycles. The smallest absolute Gasteiger partial charge is 0.254 e. The molecule has 0 radical (unpaired) electrons. The third-order valence-electron chi connectivity index (χ3n) is 3.60. The quantitative estimate of drug-likeness (QED) is 0.835. The van der Waals surface area contributed by atoms with Crippen molar-refractivity contribution in [3.8, 4) is 0 Å². The molecule has 0 saturated carbocycles. The maximum Gasteiger partial charge on any atom is 0.254 e. The number of benzene rings is 1. The molecule has 0 aliphatic heterocycles. The van der Waals surface area contributed by atoms with Gasteiger partial charge in [0.25, 0.3) is 5.91 Å². The number of carbonyl (C=O) groups excluding carboxylic acids is 2. The van der Waals surface area contributed by atoms with E-state index in [4.69, 9.17) is 0 Å². The van der Waals surface area contributed by atoms with E-state index in [2.05, 4.69) is 24.1 Å². The van der Waals surface area contributed by atoms with Crippen molar-refractivity contribution in [2.75, 3.05) is 31.6 Å². The second-order valence-corrected chi connectivity index (χ2v) is 7.09. The van der Waals surface area contributed by atoms with Gasteiger partial charge in [-0.25, -0.2) is 0 Å². The first-order valence-electron chi connectivity index (χ1n) is 8.59. The summed E-state index contributed by atoms with van der Waals surface area (Å²) in [5.74, 6) is -0.306. The summed E-state index contributed by atoms with van der Waals surface area (Å²) in [5, 5.41) is 2.86. The van der Waals surface area contributed by atoms with E-state index in [9.17, 15) is 9.59 Å². The summed E-state index contributed by atoms with van der Waals surface area (Å²) in [6.45, 7) is 12.0. The average molecular weight is 333 g/mol. The summed E-state index contributed by atoms with van der Waals surface area (Å²) in [6.07, 6.45) is 1.08. The lowest BCUT2D eigenvalue weighted by molar-refractivity contribution is -0.122. The van der Waals surface area contributed by atoms with Gasteiger partial charge in [0.15, 0.2) is 0 Å². The van der Waals surface area contributed by atoms with E-state index >= 15 is 0 Å². The van der Waals surface area contributed by atoms with Gasteiger partial charge in [0.1, 0.15) is 0 Å². The number of nitrogens with one attached hydrogen (secondary N) is 1. The van der Waals surface area contributed by atoms with Crippen LogP contribution in [0.1, 0.15) is 51.4 Å². The maximum atomic E-state index is 12.5. The van der Waals surface area contributed by atoms with Crippen LogP contribution in [0.5, 0.6) is 0 Å². The van der Waals surface area contributed by atoms with Gasteiger partial charge >= 0.3 is 0 Å². The normalized spacial score (nSPS) is 11.1. The number of hydrogen-bond donors (Lipinski definition) is 1. The Bertz CT molecular complexity index is 547. The first-order chi connectivity index (χ1) is 11.2. The average Bonchev–Trinajstić information content (AvgIpc) is 2.50. The monoisotopic (exact) mass is 333 g/mol. The van der Waals surface area contributed by atoms with Gasteiger partial charge in [-0.2, -0.15) is 0 Å². The van der Waals surface area contributed by atoms with Crippen LogP contribution in [0.2, 0.25) is 0 Å². The Morgan fingerprint density at radius 3 is 2.12 bits per heavy atom. The molecule has 1 N–H and O–H groups in total. The van der Waals surface area contributed by atoms with Gasteiger partial charge in [-0.05, 0) is 58.4 Å². The zero-order chi connectivity index (χ0) is 18.3. The molecule has 134 valence electrons. The van der Waals surface area contributed by atoms with Crippen LogP contribution in [-0.4, -0.2) is 48.9 Å². The van der Waals surface area contributed by atoms with Gasteiger partial charge in [-0.15, -0.1) is 0 Å². The molecule has 1 rings (SSSR count). The molecule has 0 fully saturated rings. The first-order valence-corrected chi connectivity index (χ1v) is 8.59. The van der Waals surface area contributed by atoms with E-state index in [0.717, 1.165) is 25.2 Å². The summed E-state index contributed by atoms with van der Waals surface area (Å²) in [7, 11) is 1.65. The Labute approximate surface area is 146 Å². The zero-order valence-electron chi connectivity index (χ0n) is 15.8. The number of hydrogen-bond acceptors (Lipinski definition) is 3. The molecular formula is C19H31N3O2. The Morgan fingerprint density at radius 1 is 1.08 bits per heavy atom. The zero-order valence-corrected chi connectivity index (χ0v) is 15.8. The Hall–Kier alpha value is -2.04. The molecular weight excluding hydrogens is 302 g/mol. The molecule has 5 nitrogen and oxygen atoms in total. The summed E-state index contributed by atoms with van der Waals surface area (Å²) in [4.78, 5) is 28.1.